The lowest BCUT2D eigenvalue weighted by molar-refractivity contribution is 0.247. The van der Waals surface area contributed by atoms with Gasteiger partial charge in [-0.2, -0.15) is 0 Å². The maximum atomic E-state index is 6.49. The number of rotatable bonds is 9. The van der Waals surface area contributed by atoms with Crippen molar-refractivity contribution in [2.45, 2.75) is 19.3 Å². The highest BCUT2D eigenvalue weighted by Gasteiger charge is 2.12. The molecule has 142 valence electrons. The van der Waals surface area contributed by atoms with E-state index in [0.717, 1.165) is 30.0 Å². The Morgan fingerprint density at radius 1 is 0.889 bits per heavy atom. The fourth-order valence-electron chi connectivity index (χ4n) is 2.54. The molecule has 0 atom stereocenters. The average molecular weight is 426 g/mol. The molecule has 0 saturated heterocycles. The molecule has 1 heterocycles. The number of halogens is 3. The average Bonchev–Trinajstić information content (AvgIpc) is 3.18. The quantitative estimate of drug-likeness (QED) is 0.427. The van der Waals surface area contributed by atoms with Gasteiger partial charge < -0.3 is 14.5 Å². The van der Waals surface area contributed by atoms with Gasteiger partial charge in [0.2, 0.25) is 0 Å². The third-order valence-corrected chi connectivity index (χ3v) is 4.90. The number of imidazole rings is 1. The van der Waals surface area contributed by atoms with Crippen LogP contribution in [-0.2, 0) is 12.8 Å². The van der Waals surface area contributed by atoms with Crippen molar-refractivity contribution in [2.24, 2.45) is 0 Å². The van der Waals surface area contributed by atoms with Gasteiger partial charge >= 0.3 is 0 Å². The zero-order valence-corrected chi connectivity index (χ0v) is 16.8. The number of hydrogen-bond donors (Lipinski definition) is 1. The molecule has 0 fully saturated rings. The van der Waals surface area contributed by atoms with Crippen molar-refractivity contribution in [3.05, 3.63) is 75.2 Å². The van der Waals surface area contributed by atoms with E-state index < -0.39 is 0 Å². The molecule has 0 radical (unpaired) electrons. The largest absolute Gasteiger partial charge is 0.493 e. The van der Waals surface area contributed by atoms with Gasteiger partial charge in [0, 0.05) is 30.3 Å². The molecule has 4 nitrogen and oxygen atoms in total. The van der Waals surface area contributed by atoms with E-state index in [9.17, 15) is 0 Å². The lowest BCUT2D eigenvalue weighted by atomic mass is 10.1. The SMILES string of the molecule is Clc1ccc(OCCCOc2c(Cl)ccc(CCc3ncc[nH]3)c2Cl)cc1. The van der Waals surface area contributed by atoms with E-state index in [2.05, 4.69) is 9.97 Å². The predicted octanol–water partition coefficient (Wildman–Crippen LogP) is 6.00. The molecular formula is C20H19Cl3N2O2. The lowest BCUT2D eigenvalue weighted by Crippen LogP contribution is -2.06. The van der Waals surface area contributed by atoms with Crippen LogP contribution in [0.3, 0.4) is 0 Å². The number of aryl methyl sites for hydroxylation is 2. The number of benzene rings is 2. The van der Waals surface area contributed by atoms with Crippen molar-refractivity contribution in [2.75, 3.05) is 13.2 Å². The van der Waals surface area contributed by atoms with Crippen LogP contribution in [0, 0.1) is 0 Å². The van der Waals surface area contributed by atoms with Gasteiger partial charge in [0.15, 0.2) is 5.75 Å². The molecular weight excluding hydrogens is 407 g/mol. The molecule has 0 bridgehead atoms. The molecule has 0 aliphatic rings. The first-order valence-corrected chi connectivity index (χ1v) is 9.73. The van der Waals surface area contributed by atoms with E-state index in [4.69, 9.17) is 44.3 Å². The van der Waals surface area contributed by atoms with Crippen LogP contribution in [-0.4, -0.2) is 23.2 Å². The van der Waals surface area contributed by atoms with Crippen molar-refractivity contribution >= 4 is 34.8 Å². The van der Waals surface area contributed by atoms with Gasteiger partial charge in [-0.1, -0.05) is 40.9 Å². The normalized spacial score (nSPS) is 10.8. The van der Waals surface area contributed by atoms with Crippen molar-refractivity contribution in [3.63, 3.8) is 0 Å². The molecule has 1 N–H and O–H groups in total. The summed E-state index contributed by atoms with van der Waals surface area (Å²) in [5.41, 5.74) is 0.977. The van der Waals surface area contributed by atoms with Gasteiger partial charge in [-0.25, -0.2) is 4.98 Å². The van der Waals surface area contributed by atoms with E-state index >= 15 is 0 Å². The molecule has 0 amide bonds. The summed E-state index contributed by atoms with van der Waals surface area (Å²) < 4.78 is 11.5. The van der Waals surface area contributed by atoms with Crippen LogP contribution in [0.25, 0.3) is 0 Å². The Morgan fingerprint density at radius 2 is 1.67 bits per heavy atom. The van der Waals surface area contributed by atoms with Gasteiger partial charge in [-0.15, -0.1) is 0 Å². The molecule has 0 spiro atoms. The highest BCUT2D eigenvalue weighted by molar-refractivity contribution is 6.37. The first-order valence-electron chi connectivity index (χ1n) is 8.60. The van der Waals surface area contributed by atoms with E-state index in [1.54, 1.807) is 24.5 Å². The van der Waals surface area contributed by atoms with Crippen LogP contribution in [0.5, 0.6) is 11.5 Å². The van der Waals surface area contributed by atoms with Crippen molar-refractivity contribution in [3.8, 4) is 11.5 Å². The summed E-state index contributed by atoms with van der Waals surface area (Å²) in [5, 5.41) is 1.73. The molecule has 1 aromatic heterocycles. The number of nitrogens with zero attached hydrogens (tertiary/aromatic N) is 1. The number of aromatic amines is 1. The van der Waals surface area contributed by atoms with Crippen LogP contribution >= 0.6 is 34.8 Å². The zero-order valence-electron chi connectivity index (χ0n) is 14.6. The van der Waals surface area contributed by atoms with Crippen LogP contribution in [0.1, 0.15) is 17.8 Å². The summed E-state index contributed by atoms with van der Waals surface area (Å²) in [5.74, 6) is 2.21. The van der Waals surface area contributed by atoms with Crippen molar-refractivity contribution in [1.82, 2.24) is 9.97 Å². The maximum absolute atomic E-state index is 6.49. The second kappa shape index (κ2) is 9.88. The minimum absolute atomic E-state index is 0.453. The Balaban J connectivity index is 1.49. The molecule has 0 aliphatic heterocycles. The summed E-state index contributed by atoms with van der Waals surface area (Å²) >= 11 is 18.6. The summed E-state index contributed by atoms with van der Waals surface area (Å²) in [6.45, 7) is 0.976. The Labute approximate surface area is 173 Å². The smallest absolute Gasteiger partial charge is 0.156 e. The number of ether oxygens (including phenoxy) is 2. The number of aromatic nitrogens is 2. The molecule has 0 aliphatic carbocycles. The van der Waals surface area contributed by atoms with Gasteiger partial charge in [0.25, 0.3) is 0 Å². The van der Waals surface area contributed by atoms with E-state index in [-0.39, 0.29) is 0 Å². The highest BCUT2D eigenvalue weighted by Crippen LogP contribution is 2.36. The van der Waals surface area contributed by atoms with Crippen molar-refractivity contribution in [1.29, 1.82) is 0 Å². The Hall–Kier alpha value is -1.88. The minimum atomic E-state index is 0.453. The van der Waals surface area contributed by atoms with Crippen LogP contribution in [0.4, 0.5) is 0 Å². The molecule has 2 aromatic carbocycles. The topological polar surface area (TPSA) is 47.1 Å². The second-order valence-electron chi connectivity index (χ2n) is 5.89. The van der Waals surface area contributed by atoms with E-state index in [1.165, 1.54) is 0 Å². The Bertz CT molecular complexity index is 852. The standard InChI is InChI=1S/C20H19Cl3N2O2/c21-15-4-6-16(7-5-15)26-12-1-13-27-20-17(22)8-2-14(19(20)23)3-9-18-24-10-11-25-18/h2,4-8,10-11H,1,3,9,12-13H2,(H,24,25). The monoisotopic (exact) mass is 424 g/mol. The summed E-state index contributed by atoms with van der Waals surface area (Å²) in [7, 11) is 0. The molecule has 7 heteroatoms. The first-order chi connectivity index (χ1) is 13.1. The maximum Gasteiger partial charge on any atom is 0.156 e. The molecule has 0 saturated carbocycles. The number of nitrogens with one attached hydrogen (secondary N) is 1. The third-order valence-electron chi connectivity index (χ3n) is 3.93. The first kappa shape index (κ1) is 19.9. The minimum Gasteiger partial charge on any atom is -0.493 e. The second-order valence-corrected chi connectivity index (χ2v) is 7.11. The van der Waals surface area contributed by atoms with Crippen LogP contribution in [0.2, 0.25) is 15.1 Å². The fraction of sp³-hybridized carbons (Fsp3) is 0.250. The molecule has 3 aromatic rings. The summed E-state index contributed by atoms with van der Waals surface area (Å²) in [4.78, 5) is 7.31. The summed E-state index contributed by atoms with van der Waals surface area (Å²) in [6, 6.07) is 11.0. The fourth-order valence-corrected chi connectivity index (χ4v) is 3.24. The summed E-state index contributed by atoms with van der Waals surface area (Å²) in [6.07, 6.45) is 5.76. The Kier molecular flexibility index (Phi) is 7.27. The van der Waals surface area contributed by atoms with Crippen LogP contribution in [0.15, 0.2) is 48.8 Å². The zero-order chi connectivity index (χ0) is 19.1. The van der Waals surface area contributed by atoms with Gasteiger partial charge in [-0.3, -0.25) is 0 Å². The molecule has 0 unspecified atom stereocenters. The number of hydrogen-bond acceptors (Lipinski definition) is 3. The van der Waals surface area contributed by atoms with Gasteiger partial charge in [0.1, 0.15) is 11.6 Å². The lowest BCUT2D eigenvalue weighted by Gasteiger charge is -2.13. The molecule has 27 heavy (non-hydrogen) atoms. The van der Waals surface area contributed by atoms with Gasteiger partial charge in [0.05, 0.1) is 23.3 Å². The third kappa shape index (κ3) is 5.80. The van der Waals surface area contributed by atoms with Crippen molar-refractivity contribution < 1.29 is 9.47 Å². The van der Waals surface area contributed by atoms with E-state index in [1.807, 2.05) is 24.3 Å². The van der Waals surface area contributed by atoms with Gasteiger partial charge in [-0.05, 0) is 42.3 Å². The highest BCUT2D eigenvalue weighted by atomic mass is 35.5. The predicted molar refractivity (Wildman–Crippen MR) is 110 cm³/mol. The van der Waals surface area contributed by atoms with E-state index in [0.29, 0.717) is 40.5 Å². The molecule has 3 rings (SSSR count). The number of H-pyrrole nitrogens is 1. The van der Waals surface area contributed by atoms with Crippen LogP contribution < -0.4 is 9.47 Å². The Morgan fingerprint density at radius 3 is 2.41 bits per heavy atom.